The molecule has 17 heavy (non-hydrogen) atoms. The number of methoxy groups -OCH3 is 2. The van der Waals surface area contributed by atoms with Crippen LogP contribution in [0.25, 0.3) is 0 Å². The van der Waals surface area contributed by atoms with E-state index >= 15 is 0 Å². The minimum absolute atomic E-state index is 0.275. The zero-order valence-corrected chi connectivity index (χ0v) is 11.5. The first-order valence-electron chi connectivity index (χ1n) is 5.56. The Morgan fingerprint density at radius 1 is 1.41 bits per heavy atom. The molecule has 0 radical (unpaired) electrons. The molecular formula is C11H20ClN3O2. The highest BCUT2D eigenvalue weighted by Gasteiger charge is 2.21. The lowest BCUT2D eigenvalue weighted by Gasteiger charge is -2.20. The van der Waals surface area contributed by atoms with Gasteiger partial charge in [0.05, 0.1) is 22.5 Å². The van der Waals surface area contributed by atoms with Crippen LogP contribution in [0, 0.1) is 0 Å². The number of ether oxygens (including phenoxy) is 2. The predicted octanol–water partition coefficient (Wildman–Crippen LogP) is 1.12. The van der Waals surface area contributed by atoms with Crippen LogP contribution >= 0.6 is 11.6 Å². The molecule has 0 aliphatic carbocycles. The highest BCUT2D eigenvalue weighted by atomic mass is 35.5. The molecule has 0 fully saturated rings. The quantitative estimate of drug-likeness (QED) is 0.780. The van der Waals surface area contributed by atoms with Crippen LogP contribution in [-0.4, -0.2) is 36.3 Å². The average molecular weight is 262 g/mol. The SMILES string of the molecule is CCc1nn(C)c(CC(N)C(OC)OC)c1Cl. The average Bonchev–Trinajstić information content (AvgIpc) is 2.58. The molecule has 0 spiro atoms. The number of aromatic nitrogens is 2. The Morgan fingerprint density at radius 2 is 2.00 bits per heavy atom. The minimum atomic E-state index is -0.439. The van der Waals surface area contributed by atoms with Gasteiger partial charge >= 0.3 is 0 Å². The summed E-state index contributed by atoms with van der Waals surface area (Å²) in [5.74, 6) is 0. The first-order chi connectivity index (χ1) is 8.04. The fraction of sp³-hybridized carbons (Fsp3) is 0.727. The van der Waals surface area contributed by atoms with Crippen molar-refractivity contribution in [2.45, 2.75) is 32.1 Å². The van der Waals surface area contributed by atoms with Crippen LogP contribution in [0.5, 0.6) is 0 Å². The van der Waals surface area contributed by atoms with E-state index in [1.165, 1.54) is 0 Å². The monoisotopic (exact) mass is 261 g/mol. The molecule has 2 N–H and O–H groups in total. The van der Waals surface area contributed by atoms with Gasteiger partial charge < -0.3 is 15.2 Å². The molecule has 1 unspecified atom stereocenters. The van der Waals surface area contributed by atoms with Gasteiger partial charge in [0.1, 0.15) is 0 Å². The van der Waals surface area contributed by atoms with Crippen LogP contribution < -0.4 is 5.73 Å². The molecule has 98 valence electrons. The van der Waals surface area contributed by atoms with Crippen molar-refractivity contribution in [3.05, 3.63) is 16.4 Å². The molecule has 0 amide bonds. The summed E-state index contributed by atoms with van der Waals surface area (Å²) in [7, 11) is 4.99. The van der Waals surface area contributed by atoms with Gasteiger partial charge in [0.15, 0.2) is 6.29 Å². The lowest BCUT2D eigenvalue weighted by atomic mass is 10.1. The molecule has 0 saturated heterocycles. The molecule has 5 nitrogen and oxygen atoms in total. The maximum absolute atomic E-state index is 6.24. The van der Waals surface area contributed by atoms with E-state index in [4.69, 9.17) is 26.8 Å². The molecule has 1 heterocycles. The first kappa shape index (κ1) is 14.4. The smallest absolute Gasteiger partial charge is 0.172 e. The third-order valence-electron chi connectivity index (χ3n) is 2.75. The molecule has 1 aromatic rings. The van der Waals surface area contributed by atoms with Crippen LogP contribution in [-0.2, 0) is 29.4 Å². The van der Waals surface area contributed by atoms with Gasteiger partial charge in [0.25, 0.3) is 0 Å². The summed E-state index contributed by atoms with van der Waals surface area (Å²) in [6, 6.07) is -0.275. The second-order valence-electron chi connectivity index (χ2n) is 3.89. The zero-order valence-electron chi connectivity index (χ0n) is 10.7. The lowest BCUT2D eigenvalue weighted by molar-refractivity contribution is -0.116. The van der Waals surface area contributed by atoms with Crippen molar-refractivity contribution in [2.24, 2.45) is 12.8 Å². The first-order valence-corrected chi connectivity index (χ1v) is 5.94. The number of aryl methyl sites for hydroxylation is 2. The van der Waals surface area contributed by atoms with E-state index in [0.717, 1.165) is 17.8 Å². The molecule has 0 saturated carbocycles. The lowest BCUT2D eigenvalue weighted by Crippen LogP contribution is -2.39. The van der Waals surface area contributed by atoms with Gasteiger partial charge in [-0.2, -0.15) is 5.10 Å². The third kappa shape index (κ3) is 3.19. The Kier molecular flexibility index (Phi) is 5.39. The number of rotatable bonds is 6. The van der Waals surface area contributed by atoms with E-state index in [9.17, 15) is 0 Å². The molecule has 0 aliphatic rings. The number of hydrogen-bond acceptors (Lipinski definition) is 4. The predicted molar refractivity (Wildman–Crippen MR) is 67.1 cm³/mol. The van der Waals surface area contributed by atoms with Crippen molar-refractivity contribution >= 4 is 11.6 Å². The number of halogens is 1. The standard InChI is InChI=1S/C11H20ClN3O2/c1-5-8-10(12)9(15(2)14-8)6-7(13)11(16-3)17-4/h7,11H,5-6,13H2,1-4H3. The van der Waals surface area contributed by atoms with Crippen LogP contribution in [0.15, 0.2) is 0 Å². The van der Waals surface area contributed by atoms with Crippen LogP contribution in [0.1, 0.15) is 18.3 Å². The highest BCUT2D eigenvalue weighted by Crippen LogP contribution is 2.22. The Labute approximate surface area is 107 Å². The van der Waals surface area contributed by atoms with E-state index in [0.29, 0.717) is 11.4 Å². The number of nitrogens with two attached hydrogens (primary N) is 1. The van der Waals surface area contributed by atoms with E-state index in [2.05, 4.69) is 5.10 Å². The fourth-order valence-electron chi connectivity index (χ4n) is 1.81. The van der Waals surface area contributed by atoms with Gasteiger partial charge in [0, 0.05) is 27.7 Å². The Balaban J connectivity index is 2.84. The van der Waals surface area contributed by atoms with Crippen molar-refractivity contribution in [3.8, 4) is 0 Å². The second kappa shape index (κ2) is 6.35. The van der Waals surface area contributed by atoms with E-state index in [1.54, 1.807) is 18.9 Å². The van der Waals surface area contributed by atoms with Gasteiger partial charge in [-0.05, 0) is 6.42 Å². The van der Waals surface area contributed by atoms with Crippen molar-refractivity contribution in [2.75, 3.05) is 14.2 Å². The highest BCUT2D eigenvalue weighted by molar-refractivity contribution is 6.31. The van der Waals surface area contributed by atoms with E-state index < -0.39 is 6.29 Å². The Bertz CT molecular complexity index is 364. The summed E-state index contributed by atoms with van der Waals surface area (Å²) in [5, 5.41) is 5.03. The summed E-state index contributed by atoms with van der Waals surface area (Å²) in [6.45, 7) is 2.02. The second-order valence-corrected chi connectivity index (χ2v) is 4.27. The van der Waals surface area contributed by atoms with Gasteiger partial charge in [-0.3, -0.25) is 4.68 Å². The summed E-state index contributed by atoms with van der Waals surface area (Å²) in [6.07, 6.45) is 0.931. The minimum Gasteiger partial charge on any atom is -0.354 e. The van der Waals surface area contributed by atoms with Crippen molar-refractivity contribution in [1.82, 2.24) is 9.78 Å². The van der Waals surface area contributed by atoms with Crippen molar-refractivity contribution in [1.29, 1.82) is 0 Å². The summed E-state index contributed by atoms with van der Waals surface area (Å²) in [4.78, 5) is 0. The number of nitrogens with zero attached hydrogens (tertiary/aromatic N) is 2. The van der Waals surface area contributed by atoms with Gasteiger partial charge in [-0.25, -0.2) is 0 Å². The van der Waals surface area contributed by atoms with Gasteiger partial charge in [-0.15, -0.1) is 0 Å². The zero-order chi connectivity index (χ0) is 13.0. The van der Waals surface area contributed by atoms with Crippen molar-refractivity contribution in [3.63, 3.8) is 0 Å². The van der Waals surface area contributed by atoms with Gasteiger partial charge in [-0.1, -0.05) is 18.5 Å². The maximum Gasteiger partial charge on any atom is 0.172 e. The van der Waals surface area contributed by atoms with E-state index in [-0.39, 0.29) is 6.04 Å². The van der Waals surface area contributed by atoms with Gasteiger partial charge in [0.2, 0.25) is 0 Å². The molecule has 1 atom stereocenters. The van der Waals surface area contributed by atoms with Crippen LogP contribution in [0.3, 0.4) is 0 Å². The van der Waals surface area contributed by atoms with Crippen LogP contribution in [0.2, 0.25) is 5.02 Å². The topological polar surface area (TPSA) is 62.3 Å². The number of hydrogen-bond donors (Lipinski definition) is 1. The van der Waals surface area contributed by atoms with Crippen LogP contribution in [0.4, 0.5) is 0 Å². The maximum atomic E-state index is 6.24. The van der Waals surface area contributed by atoms with Crippen molar-refractivity contribution < 1.29 is 9.47 Å². The third-order valence-corrected chi connectivity index (χ3v) is 3.18. The molecular weight excluding hydrogens is 242 g/mol. The fourth-order valence-corrected chi connectivity index (χ4v) is 2.18. The Morgan fingerprint density at radius 3 is 2.41 bits per heavy atom. The largest absolute Gasteiger partial charge is 0.354 e. The summed E-state index contributed by atoms with van der Waals surface area (Å²) >= 11 is 6.24. The summed E-state index contributed by atoms with van der Waals surface area (Å²) < 4.78 is 12.0. The molecule has 6 heteroatoms. The molecule has 0 aliphatic heterocycles. The molecule has 0 aromatic carbocycles. The summed E-state index contributed by atoms with van der Waals surface area (Å²) in [5.41, 5.74) is 7.81. The normalized spacial score (nSPS) is 13.4. The molecule has 1 rings (SSSR count). The van der Waals surface area contributed by atoms with E-state index in [1.807, 2.05) is 14.0 Å². The Hall–Kier alpha value is -0.620. The molecule has 1 aromatic heterocycles. The molecule has 0 bridgehead atoms.